The molecule has 0 N–H and O–H groups in total. The molecule has 24 heavy (non-hydrogen) atoms. The number of hydrogen-bond acceptors (Lipinski definition) is 6. The van der Waals surface area contributed by atoms with E-state index in [9.17, 15) is 14.4 Å². The van der Waals surface area contributed by atoms with E-state index in [1.54, 1.807) is 39.0 Å². The van der Waals surface area contributed by atoms with Crippen LogP contribution in [-0.4, -0.2) is 37.7 Å². The molecule has 0 aliphatic carbocycles. The molecule has 132 valence electrons. The summed E-state index contributed by atoms with van der Waals surface area (Å²) >= 11 is 0. The zero-order chi connectivity index (χ0) is 17.9. The average Bonchev–Trinajstić information content (AvgIpc) is 2.54. The van der Waals surface area contributed by atoms with Crippen molar-refractivity contribution in [2.45, 2.75) is 39.5 Å². The maximum Gasteiger partial charge on any atom is 0.324 e. The quantitative estimate of drug-likeness (QED) is 0.391. The van der Waals surface area contributed by atoms with Gasteiger partial charge in [0.25, 0.3) is 0 Å². The van der Waals surface area contributed by atoms with Gasteiger partial charge in [-0.2, -0.15) is 0 Å². The highest BCUT2D eigenvalue weighted by Gasteiger charge is 2.31. The number of benzene rings is 1. The van der Waals surface area contributed by atoms with Gasteiger partial charge in [-0.05, 0) is 38.3 Å². The van der Waals surface area contributed by atoms with E-state index < -0.39 is 17.9 Å². The van der Waals surface area contributed by atoms with Gasteiger partial charge < -0.3 is 14.2 Å². The maximum atomic E-state index is 12.1. The Bertz CT molecular complexity index is 548. The summed E-state index contributed by atoms with van der Waals surface area (Å²) in [5.41, 5.74) is 1.33. The Morgan fingerprint density at radius 1 is 0.917 bits per heavy atom. The fourth-order valence-corrected chi connectivity index (χ4v) is 2.23. The Balaban J connectivity index is 2.94. The fourth-order valence-electron chi connectivity index (χ4n) is 2.23. The highest BCUT2D eigenvalue weighted by Crippen LogP contribution is 2.21. The summed E-state index contributed by atoms with van der Waals surface area (Å²) in [6, 6.07) is 6.96. The second-order valence-electron chi connectivity index (χ2n) is 4.99. The number of carbonyl (C=O) groups excluding carboxylic acids is 3. The molecule has 0 saturated carbocycles. The summed E-state index contributed by atoms with van der Waals surface area (Å²) in [5.74, 6) is -2.68. The molecule has 0 unspecified atom stereocenters. The maximum absolute atomic E-state index is 12.1. The van der Waals surface area contributed by atoms with Crippen LogP contribution in [0.15, 0.2) is 24.3 Å². The zero-order valence-corrected chi connectivity index (χ0v) is 14.4. The van der Waals surface area contributed by atoms with Gasteiger partial charge >= 0.3 is 17.9 Å². The second kappa shape index (κ2) is 10.4. The second-order valence-corrected chi connectivity index (χ2v) is 4.99. The molecule has 1 rings (SSSR count). The first-order valence-corrected chi connectivity index (χ1v) is 8.11. The van der Waals surface area contributed by atoms with Crippen molar-refractivity contribution < 1.29 is 28.6 Å². The summed E-state index contributed by atoms with van der Waals surface area (Å²) in [7, 11) is 0. The Kier molecular flexibility index (Phi) is 8.54. The van der Waals surface area contributed by atoms with Gasteiger partial charge in [-0.1, -0.05) is 24.3 Å². The van der Waals surface area contributed by atoms with E-state index in [-0.39, 0.29) is 25.6 Å². The van der Waals surface area contributed by atoms with Crippen molar-refractivity contribution in [2.24, 2.45) is 0 Å². The van der Waals surface area contributed by atoms with E-state index >= 15 is 0 Å². The molecule has 0 amide bonds. The molecule has 6 nitrogen and oxygen atoms in total. The van der Waals surface area contributed by atoms with Crippen LogP contribution in [0.2, 0.25) is 0 Å². The van der Waals surface area contributed by atoms with E-state index in [0.29, 0.717) is 18.6 Å². The van der Waals surface area contributed by atoms with Crippen molar-refractivity contribution in [2.75, 3.05) is 19.8 Å². The third-order valence-electron chi connectivity index (χ3n) is 3.25. The summed E-state index contributed by atoms with van der Waals surface area (Å²) in [5, 5.41) is 0. The van der Waals surface area contributed by atoms with E-state index in [0.717, 1.165) is 5.56 Å². The molecular formula is C18H24O6. The van der Waals surface area contributed by atoms with Crippen LogP contribution in [0.25, 0.3) is 0 Å². The zero-order valence-electron chi connectivity index (χ0n) is 14.4. The van der Waals surface area contributed by atoms with Crippen molar-refractivity contribution in [1.82, 2.24) is 0 Å². The molecule has 1 aromatic rings. The van der Waals surface area contributed by atoms with Crippen LogP contribution in [-0.2, 0) is 35.0 Å². The number of hydrogen-bond donors (Lipinski definition) is 0. The average molecular weight is 336 g/mol. The lowest BCUT2D eigenvalue weighted by atomic mass is 9.96. The molecule has 0 aliphatic rings. The molecule has 1 aromatic carbocycles. The number of esters is 3. The van der Waals surface area contributed by atoms with Gasteiger partial charge in [-0.15, -0.1) is 0 Å². The van der Waals surface area contributed by atoms with E-state index in [1.165, 1.54) is 0 Å². The predicted molar refractivity (Wildman–Crippen MR) is 87.4 cm³/mol. The third-order valence-corrected chi connectivity index (χ3v) is 3.25. The van der Waals surface area contributed by atoms with Gasteiger partial charge in [-0.3, -0.25) is 14.4 Å². The Morgan fingerprint density at radius 2 is 1.50 bits per heavy atom. The summed E-state index contributed by atoms with van der Waals surface area (Å²) < 4.78 is 14.9. The minimum Gasteiger partial charge on any atom is -0.466 e. The molecule has 0 radical (unpaired) electrons. The first-order chi connectivity index (χ1) is 11.5. The number of carbonyl (C=O) groups is 3. The molecule has 0 bridgehead atoms. The van der Waals surface area contributed by atoms with Gasteiger partial charge in [0.15, 0.2) is 5.92 Å². The molecule has 0 fully saturated rings. The molecule has 0 aromatic heterocycles. The molecule has 0 heterocycles. The normalized spacial score (nSPS) is 10.3. The van der Waals surface area contributed by atoms with Crippen molar-refractivity contribution in [3.8, 4) is 0 Å². The van der Waals surface area contributed by atoms with Crippen LogP contribution < -0.4 is 0 Å². The third kappa shape index (κ3) is 6.02. The van der Waals surface area contributed by atoms with Gasteiger partial charge in [0.2, 0.25) is 0 Å². The minimum atomic E-state index is -1.12. The van der Waals surface area contributed by atoms with Crippen LogP contribution in [0, 0.1) is 0 Å². The summed E-state index contributed by atoms with van der Waals surface area (Å²) in [6.45, 7) is 5.80. The Labute approximate surface area is 142 Å². The highest BCUT2D eigenvalue weighted by molar-refractivity contribution is 6.00. The highest BCUT2D eigenvalue weighted by atomic mass is 16.6. The van der Waals surface area contributed by atoms with Gasteiger partial charge in [-0.25, -0.2) is 0 Å². The Morgan fingerprint density at radius 3 is 2.04 bits per heavy atom. The fraction of sp³-hybridized carbons (Fsp3) is 0.500. The number of aryl methyl sites for hydroxylation is 1. The number of rotatable bonds is 9. The number of ether oxygens (including phenoxy) is 3. The van der Waals surface area contributed by atoms with Gasteiger partial charge in [0, 0.05) is 6.42 Å². The molecule has 0 spiro atoms. The molecular weight excluding hydrogens is 312 g/mol. The molecule has 0 atom stereocenters. The lowest BCUT2D eigenvalue weighted by Crippen LogP contribution is -2.26. The van der Waals surface area contributed by atoms with Crippen LogP contribution >= 0.6 is 0 Å². The standard InChI is InChI=1S/C18H24O6/c1-4-22-15(19)11-10-13-8-7-9-14(12-13)16(17(20)23-5-2)18(21)24-6-3/h7-9,12,16H,4-6,10-11H2,1-3H3. The van der Waals surface area contributed by atoms with E-state index in [1.807, 2.05) is 6.07 Å². The van der Waals surface area contributed by atoms with Crippen molar-refractivity contribution in [3.63, 3.8) is 0 Å². The minimum absolute atomic E-state index is 0.178. The van der Waals surface area contributed by atoms with Crippen LogP contribution in [0.3, 0.4) is 0 Å². The lowest BCUT2D eigenvalue weighted by molar-refractivity contribution is -0.157. The lowest BCUT2D eigenvalue weighted by Gasteiger charge is -2.15. The van der Waals surface area contributed by atoms with Gasteiger partial charge in [0.05, 0.1) is 19.8 Å². The monoisotopic (exact) mass is 336 g/mol. The van der Waals surface area contributed by atoms with E-state index in [2.05, 4.69) is 0 Å². The summed E-state index contributed by atoms with van der Waals surface area (Å²) in [6.07, 6.45) is 0.700. The SMILES string of the molecule is CCOC(=O)CCc1cccc(C(C(=O)OCC)C(=O)OCC)c1. The first-order valence-electron chi connectivity index (χ1n) is 8.11. The predicted octanol–water partition coefficient (Wildman–Crippen LogP) is 2.39. The van der Waals surface area contributed by atoms with Crippen molar-refractivity contribution >= 4 is 17.9 Å². The van der Waals surface area contributed by atoms with E-state index in [4.69, 9.17) is 14.2 Å². The molecule has 0 saturated heterocycles. The Hall–Kier alpha value is -2.37. The van der Waals surface area contributed by atoms with Gasteiger partial charge in [0.1, 0.15) is 0 Å². The van der Waals surface area contributed by atoms with Crippen LogP contribution in [0.4, 0.5) is 0 Å². The topological polar surface area (TPSA) is 78.9 Å². The summed E-state index contributed by atoms with van der Waals surface area (Å²) in [4.78, 5) is 35.7. The largest absolute Gasteiger partial charge is 0.466 e. The molecule has 6 heteroatoms. The van der Waals surface area contributed by atoms with Crippen molar-refractivity contribution in [1.29, 1.82) is 0 Å². The first kappa shape index (κ1) is 19.7. The molecule has 0 aliphatic heterocycles. The van der Waals surface area contributed by atoms with Crippen LogP contribution in [0.1, 0.15) is 44.2 Å². The van der Waals surface area contributed by atoms with Crippen LogP contribution in [0.5, 0.6) is 0 Å². The van der Waals surface area contributed by atoms with Crippen molar-refractivity contribution in [3.05, 3.63) is 35.4 Å². The smallest absolute Gasteiger partial charge is 0.324 e.